The number of rotatable bonds is 6. The summed E-state index contributed by atoms with van der Waals surface area (Å²) in [4.78, 5) is 4.13. The number of thioether (sulfide) groups is 1. The summed E-state index contributed by atoms with van der Waals surface area (Å²) in [5, 5.41) is 8.94. The van der Waals surface area contributed by atoms with Gasteiger partial charge in [0.1, 0.15) is 0 Å². The van der Waals surface area contributed by atoms with Crippen molar-refractivity contribution in [1.82, 2.24) is 19.7 Å². The second-order valence-corrected chi connectivity index (χ2v) is 8.19. The van der Waals surface area contributed by atoms with Crippen molar-refractivity contribution in [1.29, 1.82) is 0 Å². The predicted octanol–water partition coefficient (Wildman–Crippen LogP) is 4.49. The Bertz CT molecular complexity index is 815. The topological polar surface area (TPSA) is 56.7 Å². The van der Waals surface area contributed by atoms with Gasteiger partial charge in [-0.25, -0.2) is 4.98 Å². The van der Waals surface area contributed by atoms with Gasteiger partial charge in [0.15, 0.2) is 0 Å². The molecule has 1 aromatic carbocycles. The van der Waals surface area contributed by atoms with Crippen LogP contribution >= 0.6 is 11.8 Å². The quantitative estimate of drug-likeness (QED) is 0.481. The van der Waals surface area contributed by atoms with E-state index in [0.717, 1.165) is 24.2 Å². The Morgan fingerprint density at radius 1 is 1.12 bits per heavy atom. The maximum absolute atomic E-state index is 5.78. The molecule has 3 rings (SSSR count). The molecule has 3 aromatic rings. The highest BCUT2D eigenvalue weighted by Crippen LogP contribution is 2.27. The molecule has 5 nitrogen and oxygen atoms in total. The second kappa shape index (κ2) is 7.44. The minimum atomic E-state index is 0.141. The zero-order valence-electron chi connectivity index (χ0n) is 15.2. The van der Waals surface area contributed by atoms with Gasteiger partial charge in [-0.2, -0.15) is 0 Å². The fourth-order valence-corrected chi connectivity index (χ4v) is 3.24. The summed E-state index contributed by atoms with van der Waals surface area (Å²) < 4.78 is 7.83. The summed E-state index contributed by atoms with van der Waals surface area (Å²) in [6.45, 7) is 6.61. The maximum atomic E-state index is 5.78. The first-order valence-corrected chi connectivity index (χ1v) is 9.44. The Balaban J connectivity index is 1.54. The lowest BCUT2D eigenvalue weighted by Gasteiger charge is -2.18. The van der Waals surface area contributed by atoms with Gasteiger partial charge in [-0.1, -0.05) is 44.7 Å². The lowest BCUT2D eigenvalue weighted by Crippen LogP contribution is -2.10. The van der Waals surface area contributed by atoms with Gasteiger partial charge < -0.3 is 8.98 Å². The van der Waals surface area contributed by atoms with Gasteiger partial charge in [-0.15, -0.1) is 10.2 Å². The monoisotopic (exact) mass is 356 g/mol. The molecule has 2 heterocycles. The van der Waals surface area contributed by atoms with Crippen LogP contribution in [0.2, 0.25) is 0 Å². The van der Waals surface area contributed by atoms with E-state index in [1.165, 1.54) is 11.3 Å². The summed E-state index contributed by atoms with van der Waals surface area (Å²) in [5.41, 5.74) is 3.64. The van der Waals surface area contributed by atoms with Crippen LogP contribution < -0.4 is 0 Å². The van der Waals surface area contributed by atoms with Crippen LogP contribution in [0.25, 0.3) is 11.5 Å². The lowest BCUT2D eigenvalue weighted by molar-refractivity contribution is 0.465. The molecule has 0 unspecified atom stereocenters. The Morgan fingerprint density at radius 3 is 2.52 bits per heavy atom. The van der Waals surface area contributed by atoms with Crippen molar-refractivity contribution in [3.05, 3.63) is 48.0 Å². The summed E-state index contributed by atoms with van der Waals surface area (Å²) in [7, 11) is 2.02. The summed E-state index contributed by atoms with van der Waals surface area (Å²) in [6, 6.07) is 8.34. The van der Waals surface area contributed by atoms with Crippen molar-refractivity contribution in [3.63, 3.8) is 0 Å². The van der Waals surface area contributed by atoms with Gasteiger partial charge in [0.05, 0.1) is 6.33 Å². The second-order valence-electron chi connectivity index (χ2n) is 7.15. The van der Waals surface area contributed by atoms with Crippen LogP contribution in [-0.2, 0) is 18.9 Å². The summed E-state index contributed by atoms with van der Waals surface area (Å²) in [5.74, 6) is 1.52. The number of nitrogens with zero attached hydrogens (tertiary/aromatic N) is 4. The normalized spacial score (nSPS) is 11.8. The number of benzene rings is 1. The number of imidazole rings is 1. The first-order chi connectivity index (χ1) is 11.9. The van der Waals surface area contributed by atoms with Gasteiger partial charge in [0.2, 0.25) is 5.89 Å². The first-order valence-electron chi connectivity index (χ1n) is 8.46. The summed E-state index contributed by atoms with van der Waals surface area (Å²) >= 11 is 1.60. The average molecular weight is 356 g/mol. The van der Waals surface area contributed by atoms with Crippen LogP contribution in [0.5, 0.6) is 0 Å². The Labute approximate surface area is 152 Å². The lowest BCUT2D eigenvalue weighted by atomic mass is 9.87. The first kappa shape index (κ1) is 17.7. The fourth-order valence-electron chi connectivity index (χ4n) is 2.54. The highest BCUT2D eigenvalue weighted by atomic mass is 32.2. The molecule has 0 fully saturated rings. The number of hydrogen-bond donors (Lipinski definition) is 0. The van der Waals surface area contributed by atoms with E-state index in [0.29, 0.717) is 11.1 Å². The molecular weight excluding hydrogens is 332 g/mol. The number of hydrogen-bond acceptors (Lipinski definition) is 5. The van der Waals surface area contributed by atoms with E-state index >= 15 is 0 Å². The van der Waals surface area contributed by atoms with Crippen molar-refractivity contribution in [2.24, 2.45) is 7.05 Å². The third kappa shape index (κ3) is 4.51. The van der Waals surface area contributed by atoms with E-state index in [1.54, 1.807) is 11.8 Å². The molecule has 0 bridgehead atoms. The molecule has 0 saturated carbocycles. The largest absolute Gasteiger partial charge is 0.411 e. The molecule has 0 aliphatic heterocycles. The Kier molecular flexibility index (Phi) is 5.27. The molecule has 0 aliphatic rings. The van der Waals surface area contributed by atoms with E-state index < -0.39 is 0 Å². The van der Waals surface area contributed by atoms with Crippen LogP contribution in [0.15, 0.2) is 46.4 Å². The molecule has 0 saturated heterocycles. The molecular formula is C19H24N4OS. The van der Waals surface area contributed by atoms with E-state index in [1.807, 2.05) is 31.7 Å². The highest BCUT2D eigenvalue weighted by molar-refractivity contribution is 7.99. The maximum Gasteiger partial charge on any atom is 0.276 e. The third-order valence-electron chi connectivity index (χ3n) is 4.12. The van der Waals surface area contributed by atoms with Crippen LogP contribution in [-0.4, -0.2) is 25.5 Å². The van der Waals surface area contributed by atoms with Gasteiger partial charge in [0, 0.05) is 30.3 Å². The minimum Gasteiger partial charge on any atom is -0.411 e. The van der Waals surface area contributed by atoms with Gasteiger partial charge >= 0.3 is 0 Å². The number of aryl methyl sites for hydroxylation is 2. The molecule has 0 N–H and O–H groups in total. The molecule has 0 spiro atoms. The molecule has 0 aliphatic carbocycles. The third-order valence-corrected chi connectivity index (χ3v) is 5.03. The zero-order valence-corrected chi connectivity index (χ0v) is 16.0. The standard InChI is InChI=1S/C19H24N4OS/c1-19(2,3)15-9-7-14(8-10-15)17-21-22-18(24-17)25-11-5-6-16-12-20-13-23(16)4/h7-10,12-13H,5-6,11H2,1-4H3. The Morgan fingerprint density at radius 2 is 1.88 bits per heavy atom. The minimum absolute atomic E-state index is 0.141. The van der Waals surface area contributed by atoms with Crippen LogP contribution in [0.3, 0.4) is 0 Å². The van der Waals surface area contributed by atoms with Crippen molar-refractivity contribution in [3.8, 4) is 11.5 Å². The van der Waals surface area contributed by atoms with E-state index in [9.17, 15) is 0 Å². The molecule has 25 heavy (non-hydrogen) atoms. The smallest absolute Gasteiger partial charge is 0.276 e. The van der Waals surface area contributed by atoms with Crippen molar-refractivity contribution in [2.75, 3.05) is 5.75 Å². The van der Waals surface area contributed by atoms with Gasteiger partial charge in [-0.3, -0.25) is 0 Å². The van der Waals surface area contributed by atoms with Crippen LogP contribution in [0.4, 0.5) is 0 Å². The van der Waals surface area contributed by atoms with Crippen LogP contribution in [0, 0.1) is 0 Å². The Hall–Kier alpha value is -2.08. The fraction of sp³-hybridized carbons (Fsp3) is 0.421. The molecule has 0 atom stereocenters. The zero-order chi connectivity index (χ0) is 17.9. The molecule has 132 valence electrons. The molecule has 0 amide bonds. The van der Waals surface area contributed by atoms with Gasteiger partial charge in [-0.05, 0) is 36.0 Å². The predicted molar refractivity (Wildman–Crippen MR) is 101 cm³/mol. The molecule has 6 heteroatoms. The summed E-state index contributed by atoms with van der Waals surface area (Å²) in [6.07, 6.45) is 5.79. The molecule has 0 radical (unpaired) electrons. The number of aromatic nitrogens is 4. The highest BCUT2D eigenvalue weighted by Gasteiger charge is 2.14. The van der Waals surface area contributed by atoms with Gasteiger partial charge in [0.25, 0.3) is 5.22 Å². The molecule has 2 aromatic heterocycles. The van der Waals surface area contributed by atoms with Crippen molar-refractivity contribution < 1.29 is 4.42 Å². The van der Waals surface area contributed by atoms with E-state index in [2.05, 4.69) is 52.7 Å². The van der Waals surface area contributed by atoms with Crippen molar-refractivity contribution in [2.45, 2.75) is 44.3 Å². The van der Waals surface area contributed by atoms with Crippen molar-refractivity contribution >= 4 is 11.8 Å². The van der Waals surface area contributed by atoms with E-state index in [-0.39, 0.29) is 5.41 Å². The van der Waals surface area contributed by atoms with E-state index in [4.69, 9.17) is 4.42 Å². The van der Waals surface area contributed by atoms with Crippen LogP contribution in [0.1, 0.15) is 38.4 Å². The average Bonchev–Trinajstić information content (AvgIpc) is 3.20. The SMILES string of the molecule is Cn1cncc1CCCSc1nnc(-c2ccc(C(C)(C)C)cc2)o1.